The van der Waals surface area contributed by atoms with Crippen LogP contribution in [0.5, 0.6) is 11.5 Å². The van der Waals surface area contributed by atoms with E-state index in [1.54, 1.807) is 0 Å². The molecule has 0 spiro atoms. The highest BCUT2D eigenvalue weighted by molar-refractivity contribution is 5.65. The number of ether oxygens (including phenoxy) is 1. The molecule has 2 atom stereocenters. The van der Waals surface area contributed by atoms with E-state index in [1.165, 1.54) is 5.56 Å². The predicted molar refractivity (Wildman–Crippen MR) is 85.8 cm³/mol. The molecule has 1 heterocycles. The third-order valence-corrected chi connectivity index (χ3v) is 3.96. The van der Waals surface area contributed by atoms with Crippen molar-refractivity contribution in [1.29, 1.82) is 0 Å². The standard InChI is InChI=1S/C18H16N2O/c19-12-5-7-13(8-6-12)21-14-9-10-16-15-3-1-2-4-17(15)20-18(16)11-14/h1-11,15,17,20H,19H2/t15-,17?/m0/s1. The topological polar surface area (TPSA) is 47.3 Å². The van der Waals surface area contributed by atoms with Crippen molar-refractivity contribution in [2.24, 2.45) is 0 Å². The Hall–Kier alpha value is -2.68. The van der Waals surface area contributed by atoms with E-state index in [0.717, 1.165) is 22.9 Å². The summed E-state index contributed by atoms with van der Waals surface area (Å²) in [6, 6.07) is 14.0. The maximum atomic E-state index is 5.88. The van der Waals surface area contributed by atoms with Gasteiger partial charge in [0.1, 0.15) is 11.5 Å². The Labute approximate surface area is 123 Å². The molecule has 2 aliphatic rings. The summed E-state index contributed by atoms with van der Waals surface area (Å²) in [6.07, 6.45) is 8.64. The van der Waals surface area contributed by atoms with Crippen LogP contribution in [0.3, 0.4) is 0 Å². The van der Waals surface area contributed by atoms with Gasteiger partial charge in [0.25, 0.3) is 0 Å². The third-order valence-electron chi connectivity index (χ3n) is 3.96. The molecule has 0 aromatic heterocycles. The molecule has 0 radical (unpaired) electrons. The van der Waals surface area contributed by atoms with E-state index in [9.17, 15) is 0 Å². The van der Waals surface area contributed by atoms with Crippen molar-refractivity contribution in [3.05, 3.63) is 72.3 Å². The number of nitrogens with two attached hydrogens (primary N) is 1. The van der Waals surface area contributed by atoms with Crippen LogP contribution in [0.15, 0.2) is 66.8 Å². The Morgan fingerprint density at radius 3 is 2.52 bits per heavy atom. The Bertz CT molecular complexity index is 731. The highest BCUT2D eigenvalue weighted by atomic mass is 16.5. The second-order valence-electron chi connectivity index (χ2n) is 5.39. The van der Waals surface area contributed by atoms with E-state index < -0.39 is 0 Å². The zero-order chi connectivity index (χ0) is 14.2. The summed E-state index contributed by atoms with van der Waals surface area (Å²) in [5, 5.41) is 3.53. The second kappa shape index (κ2) is 4.70. The molecular weight excluding hydrogens is 260 g/mol. The van der Waals surface area contributed by atoms with E-state index in [-0.39, 0.29) is 0 Å². The highest BCUT2D eigenvalue weighted by Gasteiger charge is 2.29. The molecule has 3 N–H and O–H groups in total. The summed E-state index contributed by atoms with van der Waals surface area (Å²) in [5.74, 6) is 2.05. The Kier molecular flexibility index (Phi) is 2.71. The molecule has 0 fully saturated rings. The van der Waals surface area contributed by atoms with E-state index in [2.05, 4.69) is 41.8 Å². The van der Waals surface area contributed by atoms with Crippen molar-refractivity contribution in [1.82, 2.24) is 0 Å². The minimum absolute atomic E-state index is 0.358. The summed E-state index contributed by atoms with van der Waals surface area (Å²) >= 11 is 0. The van der Waals surface area contributed by atoms with Gasteiger partial charge in [-0.3, -0.25) is 0 Å². The van der Waals surface area contributed by atoms with Gasteiger partial charge in [0.15, 0.2) is 0 Å². The van der Waals surface area contributed by atoms with Crippen LogP contribution in [0, 0.1) is 0 Å². The van der Waals surface area contributed by atoms with Crippen molar-refractivity contribution >= 4 is 11.4 Å². The van der Waals surface area contributed by atoms with Gasteiger partial charge in [-0.1, -0.05) is 30.4 Å². The number of rotatable bonds is 2. The van der Waals surface area contributed by atoms with Gasteiger partial charge < -0.3 is 15.8 Å². The number of hydrogen-bond acceptors (Lipinski definition) is 3. The van der Waals surface area contributed by atoms with Crippen LogP contribution < -0.4 is 15.8 Å². The van der Waals surface area contributed by atoms with Crippen LogP contribution in [0.2, 0.25) is 0 Å². The van der Waals surface area contributed by atoms with Crippen LogP contribution in [0.4, 0.5) is 11.4 Å². The summed E-state index contributed by atoms with van der Waals surface area (Å²) in [7, 11) is 0. The first kappa shape index (κ1) is 12.1. The maximum Gasteiger partial charge on any atom is 0.129 e. The van der Waals surface area contributed by atoms with E-state index in [1.807, 2.05) is 30.3 Å². The molecule has 2 aromatic carbocycles. The van der Waals surface area contributed by atoms with Gasteiger partial charge in [-0.25, -0.2) is 0 Å². The second-order valence-corrected chi connectivity index (χ2v) is 5.39. The van der Waals surface area contributed by atoms with E-state index in [0.29, 0.717) is 12.0 Å². The van der Waals surface area contributed by atoms with Crippen molar-refractivity contribution < 1.29 is 4.74 Å². The first-order valence-corrected chi connectivity index (χ1v) is 7.08. The lowest BCUT2D eigenvalue weighted by Crippen LogP contribution is -2.17. The average Bonchev–Trinajstić information content (AvgIpc) is 2.87. The van der Waals surface area contributed by atoms with Crippen molar-refractivity contribution in [3.63, 3.8) is 0 Å². The molecule has 3 nitrogen and oxygen atoms in total. The van der Waals surface area contributed by atoms with Gasteiger partial charge in [-0.15, -0.1) is 0 Å². The van der Waals surface area contributed by atoms with Crippen LogP contribution in [0.25, 0.3) is 0 Å². The molecule has 21 heavy (non-hydrogen) atoms. The molecule has 1 aliphatic heterocycles. The summed E-state index contributed by atoms with van der Waals surface area (Å²) in [6.45, 7) is 0. The average molecular weight is 276 g/mol. The number of nitrogen functional groups attached to an aromatic ring is 1. The Morgan fingerprint density at radius 2 is 1.67 bits per heavy atom. The number of benzene rings is 2. The van der Waals surface area contributed by atoms with E-state index >= 15 is 0 Å². The molecule has 1 aliphatic carbocycles. The Morgan fingerprint density at radius 1 is 0.905 bits per heavy atom. The molecule has 2 aromatic rings. The number of allylic oxidation sites excluding steroid dienone is 2. The van der Waals surface area contributed by atoms with E-state index in [4.69, 9.17) is 10.5 Å². The number of fused-ring (bicyclic) bond motifs is 3. The predicted octanol–water partition coefficient (Wildman–Crippen LogP) is 4.06. The molecule has 0 saturated heterocycles. The lowest BCUT2D eigenvalue weighted by molar-refractivity contribution is 0.483. The summed E-state index contributed by atoms with van der Waals surface area (Å²) < 4.78 is 5.88. The molecule has 0 bridgehead atoms. The van der Waals surface area contributed by atoms with Crippen molar-refractivity contribution in [3.8, 4) is 11.5 Å². The first-order valence-electron chi connectivity index (χ1n) is 7.08. The van der Waals surface area contributed by atoms with Crippen LogP contribution in [0.1, 0.15) is 11.5 Å². The van der Waals surface area contributed by atoms with Gasteiger partial charge in [0.2, 0.25) is 0 Å². The number of anilines is 2. The maximum absolute atomic E-state index is 5.88. The molecule has 104 valence electrons. The van der Waals surface area contributed by atoms with Gasteiger partial charge in [-0.05, 0) is 35.9 Å². The highest BCUT2D eigenvalue weighted by Crippen LogP contribution is 2.41. The fraction of sp³-hybridized carbons (Fsp3) is 0.111. The molecule has 3 heteroatoms. The van der Waals surface area contributed by atoms with Gasteiger partial charge in [0.05, 0.1) is 6.04 Å². The quantitative estimate of drug-likeness (QED) is 0.813. The van der Waals surface area contributed by atoms with Crippen LogP contribution in [-0.4, -0.2) is 6.04 Å². The van der Waals surface area contributed by atoms with Gasteiger partial charge >= 0.3 is 0 Å². The third kappa shape index (κ3) is 2.17. The fourth-order valence-electron chi connectivity index (χ4n) is 2.91. The normalized spacial score (nSPS) is 21.5. The molecule has 1 unspecified atom stereocenters. The monoisotopic (exact) mass is 276 g/mol. The minimum Gasteiger partial charge on any atom is -0.457 e. The van der Waals surface area contributed by atoms with Crippen molar-refractivity contribution in [2.75, 3.05) is 11.1 Å². The first-order chi connectivity index (χ1) is 10.3. The Balaban J connectivity index is 1.61. The summed E-state index contributed by atoms with van der Waals surface area (Å²) in [4.78, 5) is 0. The number of hydrogen-bond donors (Lipinski definition) is 2. The SMILES string of the molecule is Nc1ccc(Oc2ccc3c(c2)NC2C=CC=C[C@@H]32)cc1. The molecule has 4 rings (SSSR count). The molecular formula is C18H16N2O. The lowest BCUT2D eigenvalue weighted by atomic mass is 9.92. The zero-order valence-electron chi connectivity index (χ0n) is 11.5. The van der Waals surface area contributed by atoms with Crippen molar-refractivity contribution in [2.45, 2.75) is 12.0 Å². The van der Waals surface area contributed by atoms with Gasteiger partial charge in [0, 0.05) is 23.4 Å². The van der Waals surface area contributed by atoms with Crippen LogP contribution >= 0.6 is 0 Å². The largest absolute Gasteiger partial charge is 0.457 e. The smallest absolute Gasteiger partial charge is 0.129 e. The number of nitrogens with one attached hydrogen (secondary N) is 1. The molecule has 0 saturated carbocycles. The fourth-order valence-corrected chi connectivity index (χ4v) is 2.91. The molecule has 0 amide bonds. The zero-order valence-corrected chi connectivity index (χ0v) is 11.5. The lowest BCUT2D eigenvalue weighted by Gasteiger charge is -2.15. The van der Waals surface area contributed by atoms with Crippen LogP contribution in [-0.2, 0) is 0 Å². The summed E-state index contributed by atoms with van der Waals surface area (Å²) in [5.41, 5.74) is 8.89. The van der Waals surface area contributed by atoms with Gasteiger partial charge in [-0.2, -0.15) is 0 Å². The minimum atomic E-state index is 0.358.